The predicted octanol–water partition coefficient (Wildman–Crippen LogP) is 0.999. The van der Waals surface area contributed by atoms with E-state index < -0.39 is 14.9 Å². The van der Waals surface area contributed by atoms with Gasteiger partial charge in [-0.25, -0.2) is 8.42 Å². The number of sulfonamides is 1. The lowest BCUT2D eigenvalue weighted by Gasteiger charge is -2.32. The van der Waals surface area contributed by atoms with E-state index in [0.29, 0.717) is 19.6 Å². The van der Waals surface area contributed by atoms with Crippen LogP contribution in [0.5, 0.6) is 0 Å². The molecule has 112 valence electrons. The molecule has 0 unspecified atom stereocenters. The molecular weight excluding hydrogens is 306 g/mol. The summed E-state index contributed by atoms with van der Waals surface area (Å²) >= 11 is 0. The lowest BCUT2D eigenvalue weighted by molar-refractivity contribution is -0.385. The van der Waals surface area contributed by atoms with Gasteiger partial charge in [-0.05, 0) is 13.0 Å². The van der Waals surface area contributed by atoms with E-state index in [4.69, 9.17) is 0 Å². The van der Waals surface area contributed by atoms with Crippen molar-refractivity contribution < 1.29 is 13.3 Å². The summed E-state index contributed by atoms with van der Waals surface area (Å²) in [5.41, 5.74) is -0.219. The highest BCUT2D eigenvalue weighted by Gasteiger charge is 2.31. The molecule has 0 spiro atoms. The van der Waals surface area contributed by atoms with E-state index in [1.807, 2.05) is 0 Å². The van der Waals surface area contributed by atoms with Gasteiger partial charge in [-0.15, -0.1) is 12.4 Å². The van der Waals surface area contributed by atoms with Crippen LogP contribution in [-0.4, -0.2) is 43.3 Å². The number of nitro groups is 1. The van der Waals surface area contributed by atoms with Gasteiger partial charge in [0.05, 0.1) is 9.82 Å². The van der Waals surface area contributed by atoms with Gasteiger partial charge >= 0.3 is 0 Å². The molecule has 0 aromatic heterocycles. The SMILES string of the molecule is C[C@H]1CNCCN1S(=O)(=O)c1cccc([N+](=O)[O-])c1.Cl. The zero-order chi connectivity index (χ0) is 14.0. The smallest absolute Gasteiger partial charge is 0.270 e. The minimum absolute atomic E-state index is 0. The Hall–Kier alpha value is -1.22. The van der Waals surface area contributed by atoms with Crippen molar-refractivity contribution in [1.82, 2.24) is 9.62 Å². The first-order chi connectivity index (χ1) is 8.93. The maximum absolute atomic E-state index is 12.4. The maximum Gasteiger partial charge on any atom is 0.270 e. The van der Waals surface area contributed by atoms with Crippen molar-refractivity contribution in [3.63, 3.8) is 0 Å². The largest absolute Gasteiger partial charge is 0.314 e. The van der Waals surface area contributed by atoms with E-state index in [9.17, 15) is 18.5 Å². The van der Waals surface area contributed by atoms with Crippen LogP contribution >= 0.6 is 12.4 Å². The third-order valence-electron chi connectivity index (χ3n) is 3.08. The molecule has 1 aliphatic rings. The topological polar surface area (TPSA) is 92.6 Å². The zero-order valence-corrected chi connectivity index (χ0v) is 12.5. The Morgan fingerprint density at radius 2 is 2.15 bits per heavy atom. The molecular formula is C11H16ClN3O4S. The Kier molecular flexibility index (Phi) is 5.46. The Morgan fingerprint density at radius 1 is 1.45 bits per heavy atom. The molecule has 1 saturated heterocycles. The molecule has 1 fully saturated rings. The highest BCUT2D eigenvalue weighted by Crippen LogP contribution is 2.22. The van der Waals surface area contributed by atoms with Crippen LogP contribution in [0.4, 0.5) is 5.69 Å². The van der Waals surface area contributed by atoms with Crippen LogP contribution < -0.4 is 5.32 Å². The van der Waals surface area contributed by atoms with Gasteiger partial charge in [0.15, 0.2) is 0 Å². The second-order valence-electron chi connectivity index (χ2n) is 4.42. The van der Waals surface area contributed by atoms with Crippen LogP contribution in [0.3, 0.4) is 0 Å². The van der Waals surface area contributed by atoms with E-state index in [-0.39, 0.29) is 29.0 Å². The Morgan fingerprint density at radius 3 is 2.75 bits per heavy atom. The highest BCUT2D eigenvalue weighted by atomic mass is 35.5. The number of nitrogens with zero attached hydrogens (tertiary/aromatic N) is 2. The van der Waals surface area contributed by atoms with Crippen LogP contribution in [0.15, 0.2) is 29.2 Å². The average molecular weight is 322 g/mol. The summed E-state index contributed by atoms with van der Waals surface area (Å²) in [6.07, 6.45) is 0. The number of benzene rings is 1. The molecule has 0 amide bonds. The lowest BCUT2D eigenvalue weighted by atomic mass is 10.3. The molecule has 1 atom stereocenters. The Labute approximate surface area is 123 Å². The minimum atomic E-state index is -3.68. The van der Waals surface area contributed by atoms with E-state index in [1.54, 1.807) is 6.92 Å². The minimum Gasteiger partial charge on any atom is -0.314 e. The van der Waals surface area contributed by atoms with Crippen molar-refractivity contribution in [2.24, 2.45) is 0 Å². The summed E-state index contributed by atoms with van der Waals surface area (Å²) in [5, 5.41) is 13.8. The highest BCUT2D eigenvalue weighted by molar-refractivity contribution is 7.89. The van der Waals surface area contributed by atoms with Crippen LogP contribution in [-0.2, 0) is 10.0 Å². The van der Waals surface area contributed by atoms with Crippen LogP contribution in [0.2, 0.25) is 0 Å². The van der Waals surface area contributed by atoms with Crippen LogP contribution in [0, 0.1) is 10.1 Å². The third-order valence-corrected chi connectivity index (χ3v) is 5.08. The first-order valence-electron chi connectivity index (χ1n) is 5.90. The van der Waals surface area contributed by atoms with Gasteiger partial charge in [0.25, 0.3) is 5.69 Å². The summed E-state index contributed by atoms with van der Waals surface area (Å²) in [6.45, 7) is 3.33. The fourth-order valence-corrected chi connectivity index (χ4v) is 3.74. The summed E-state index contributed by atoms with van der Waals surface area (Å²) < 4.78 is 26.3. The Balaban J connectivity index is 0.00000200. The number of rotatable bonds is 3. The number of piperazine rings is 1. The van der Waals surface area contributed by atoms with Gasteiger partial charge in [-0.1, -0.05) is 6.07 Å². The van der Waals surface area contributed by atoms with Crippen molar-refractivity contribution in [3.8, 4) is 0 Å². The summed E-state index contributed by atoms with van der Waals surface area (Å²) in [4.78, 5) is 10.1. The summed E-state index contributed by atoms with van der Waals surface area (Å²) in [6, 6.07) is 4.98. The lowest BCUT2D eigenvalue weighted by Crippen LogP contribution is -2.52. The second kappa shape index (κ2) is 6.49. The number of halogens is 1. The fourth-order valence-electron chi connectivity index (χ4n) is 2.07. The zero-order valence-electron chi connectivity index (χ0n) is 10.9. The normalized spacial score (nSPS) is 20.1. The molecule has 0 bridgehead atoms. The standard InChI is InChI=1S/C11H15N3O4S.ClH/c1-9-8-12-5-6-13(9)19(17,18)11-4-2-3-10(7-11)14(15)16;/h2-4,7,9,12H,5-6,8H2,1H3;1H/t9-;/m0./s1. The van der Waals surface area contributed by atoms with Crippen molar-refractivity contribution in [2.45, 2.75) is 17.9 Å². The number of non-ortho nitro benzene ring substituents is 1. The van der Waals surface area contributed by atoms with Crippen molar-refractivity contribution in [3.05, 3.63) is 34.4 Å². The van der Waals surface area contributed by atoms with Crippen molar-refractivity contribution in [2.75, 3.05) is 19.6 Å². The predicted molar refractivity (Wildman–Crippen MR) is 76.6 cm³/mol. The monoisotopic (exact) mass is 321 g/mol. The van der Waals surface area contributed by atoms with E-state index in [2.05, 4.69) is 5.32 Å². The Bertz CT molecular complexity index is 593. The molecule has 1 N–H and O–H groups in total. The molecule has 1 aromatic carbocycles. The molecule has 20 heavy (non-hydrogen) atoms. The molecule has 7 nitrogen and oxygen atoms in total. The molecule has 2 rings (SSSR count). The van der Waals surface area contributed by atoms with Gasteiger partial charge in [0, 0.05) is 37.8 Å². The first-order valence-corrected chi connectivity index (χ1v) is 7.34. The van der Waals surface area contributed by atoms with E-state index in [0.717, 1.165) is 6.07 Å². The average Bonchev–Trinajstić information content (AvgIpc) is 2.39. The van der Waals surface area contributed by atoms with Gasteiger partial charge in [0.2, 0.25) is 10.0 Å². The second-order valence-corrected chi connectivity index (χ2v) is 6.31. The quantitative estimate of drug-likeness (QED) is 0.662. The molecule has 9 heteroatoms. The van der Waals surface area contributed by atoms with Crippen LogP contribution in [0.1, 0.15) is 6.92 Å². The number of hydrogen-bond acceptors (Lipinski definition) is 5. The molecule has 1 heterocycles. The van der Waals surface area contributed by atoms with Crippen molar-refractivity contribution in [1.29, 1.82) is 0 Å². The van der Waals surface area contributed by atoms with Crippen molar-refractivity contribution >= 4 is 28.1 Å². The molecule has 1 aliphatic heterocycles. The molecule has 0 saturated carbocycles. The van der Waals surface area contributed by atoms with E-state index in [1.165, 1.54) is 22.5 Å². The maximum atomic E-state index is 12.4. The summed E-state index contributed by atoms with van der Waals surface area (Å²) in [7, 11) is -3.68. The molecule has 0 radical (unpaired) electrons. The van der Waals surface area contributed by atoms with Crippen LogP contribution in [0.25, 0.3) is 0 Å². The fraction of sp³-hybridized carbons (Fsp3) is 0.455. The third kappa shape index (κ3) is 3.26. The molecule has 0 aliphatic carbocycles. The van der Waals surface area contributed by atoms with Gasteiger partial charge in [0.1, 0.15) is 0 Å². The van der Waals surface area contributed by atoms with Gasteiger partial charge in [-0.2, -0.15) is 4.31 Å². The first kappa shape index (κ1) is 16.8. The molecule has 1 aromatic rings. The number of hydrogen-bond donors (Lipinski definition) is 1. The van der Waals surface area contributed by atoms with Gasteiger partial charge in [-0.3, -0.25) is 10.1 Å². The number of nitro benzene ring substituents is 1. The van der Waals surface area contributed by atoms with E-state index >= 15 is 0 Å². The summed E-state index contributed by atoms with van der Waals surface area (Å²) in [5.74, 6) is 0. The number of nitrogens with one attached hydrogen (secondary N) is 1. The van der Waals surface area contributed by atoms with Gasteiger partial charge < -0.3 is 5.32 Å².